The zero-order valence-electron chi connectivity index (χ0n) is 11.6. The fraction of sp³-hybridized carbons (Fsp3) is 0.533. The van der Waals surface area contributed by atoms with Crippen LogP contribution >= 0.6 is 11.3 Å². The first-order valence-corrected chi connectivity index (χ1v) is 7.78. The van der Waals surface area contributed by atoms with E-state index in [4.69, 9.17) is 10.5 Å². The zero-order valence-corrected chi connectivity index (χ0v) is 12.5. The van der Waals surface area contributed by atoms with Crippen LogP contribution in [0, 0.1) is 17.8 Å². The molecule has 5 heteroatoms. The Bertz CT molecular complexity index is 515. The third-order valence-corrected chi connectivity index (χ3v) is 4.36. The van der Waals surface area contributed by atoms with Gasteiger partial charge in [0.15, 0.2) is 0 Å². The SMILES string of the molecule is CCC1OCCC1C(=O)NCc1sccc1C#CCN. The standard InChI is InChI=1S/C15H20N2O2S/c1-2-13-12(5-8-19-13)15(18)17-10-14-11(4-3-7-16)6-9-20-14/h6,9,12-13H,2,5,7-8,10,16H2,1H3,(H,17,18). The Labute approximate surface area is 123 Å². The molecule has 1 amide bonds. The number of hydrogen-bond donors (Lipinski definition) is 2. The van der Waals surface area contributed by atoms with Gasteiger partial charge in [-0.05, 0) is 24.3 Å². The smallest absolute Gasteiger partial charge is 0.226 e. The molecule has 1 fully saturated rings. The van der Waals surface area contributed by atoms with Crippen molar-refractivity contribution in [2.45, 2.75) is 32.4 Å². The van der Waals surface area contributed by atoms with E-state index in [1.54, 1.807) is 11.3 Å². The van der Waals surface area contributed by atoms with E-state index in [2.05, 4.69) is 24.1 Å². The van der Waals surface area contributed by atoms with Crippen molar-refractivity contribution in [2.24, 2.45) is 11.7 Å². The van der Waals surface area contributed by atoms with Crippen LogP contribution in [0.3, 0.4) is 0 Å². The minimum absolute atomic E-state index is 0.0152. The van der Waals surface area contributed by atoms with Crippen molar-refractivity contribution in [1.29, 1.82) is 0 Å². The van der Waals surface area contributed by atoms with Crippen molar-refractivity contribution in [3.05, 3.63) is 21.9 Å². The Morgan fingerprint density at radius 2 is 2.50 bits per heavy atom. The number of hydrogen-bond acceptors (Lipinski definition) is 4. The van der Waals surface area contributed by atoms with E-state index in [1.165, 1.54) is 0 Å². The van der Waals surface area contributed by atoms with Crippen molar-refractivity contribution in [2.75, 3.05) is 13.2 Å². The third-order valence-electron chi connectivity index (χ3n) is 3.44. The van der Waals surface area contributed by atoms with E-state index in [1.807, 2.05) is 11.4 Å². The summed E-state index contributed by atoms with van der Waals surface area (Å²) in [5.74, 6) is 5.94. The van der Waals surface area contributed by atoms with Gasteiger partial charge in [0, 0.05) is 17.0 Å². The molecule has 0 saturated carbocycles. The van der Waals surface area contributed by atoms with Gasteiger partial charge in [-0.25, -0.2) is 0 Å². The van der Waals surface area contributed by atoms with E-state index >= 15 is 0 Å². The topological polar surface area (TPSA) is 64.3 Å². The molecule has 1 saturated heterocycles. The molecule has 3 N–H and O–H groups in total. The molecule has 4 nitrogen and oxygen atoms in total. The Balaban J connectivity index is 1.92. The molecule has 2 heterocycles. The zero-order chi connectivity index (χ0) is 14.4. The summed E-state index contributed by atoms with van der Waals surface area (Å²) in [7, 11) is 0. The predicted octanol–water partition coefficient (Wildman–Crippen LogP) is 1.49. The van der Waals surface area contributed by atoms with Crippen molar-refractivity contribution >= 4 is 17.2 Å². The number of amides is 1. The minimum Gasteiger partial charge on any atom is -0.377 e. The summed E-state index contributed by atoms with van der Waals surface area (Å²) in [5, 5.41) is 4.98. The van der Waals surface area contributed by atoms with E-state index in [0.29, 0.717) is 19.7 Å². The average Bonchev–Trinajstić information content (AvgIpc) is 3.10. The number of thiophene rings is 1. The Morgan fingerprint density at radius 3 is 3.25 bits per heavy atom. The molecule has 1 aromatic heterocycles. The van der Waals surface area contributed by atoms with Crippen LogP contribution in [0.4, 0.5) is 0 Å². The van der Waals surface area contributed by atoms with Crippen molar-refractivity contribution in [3.8, 4) is 11.8 Å². The first-order chi connectivity index (χ1) is 9.76. The van der Waals surface area contributed by atoms with E-state index in [9.17, 15) is 4.79 Å². The van der Waals surface area contributed by atoms with Gasteiger partial charge in [0.25, 0.3) is 0 Å². The lowest BCUT2D eigenvalue weighted by atomic mass is 9.99. The fourth-order valence-electron chi connectivity index (χ4n) is 2.38. The molecule has 1 aliphatic rings. The number of carbonyl (C=O) groups excluding carboxylic acids is 1. The number of rotatable bonds is 4. The van der Waals surface area contributed by atoms with Gasteiger partial charge in [-0.3, -0.25) is 4.79 Å². The first kappa shape index (κ1) is 15.0. The van der Waals surface area contributed by atoms with E-state index in [-0.39, 0.29) is 17.9 Å². The molecule has 0 aliphatic carbocycles. The van der Waals surface area contributed by atoms with Crippen LogP contribution in [-0.2, 0) is 16.1 Å². The number of carbonyl (C=O) groups is 1. The van der Waals surface area contributed by atoms with Gasteiger partial charge in [-0.1, -0.05) is 18.8 Å². The third kappa shape index (κ3) is 3.60. The van der Waals surface area contributed by atoms with Crippen LogP contribution in [-0.4, -0.2) is 25.2 Å². The summed E-state index contributed by atoms with van der Waals surface area (Å²) in [6.07, 6.45) is 1.76. The molecule has 0 aromatic carbocycles. The molecule has 1 aromatic rings. The normalized spacial score (nSPS) is 21.3. The number of nitrogens with one attached hydrogen (secondary N) is 1. The van der Waals surface area contributed by atoms with Crippen molar-refractivity contribution in [3.63, 3.8) is 0 Å². The second-order valence-corrected chi connectivity index (χ2v) is 5.69. The summed E-state index contributed by atoms with van der Waals surface area (Å²) in [6.45, 7) is 3.61. The maximum Gasteiger partial charge on any atom is 0.226 e. The molecule has 0 bridgehead atoms. The Hall–Kier alpha value is -1.35. The summed E-state index contributed by atoms with van der Waals surface area (Å²) >= 11 is 1.60. The molecule has 2 rings (SSSR count). The largest absolute Gasteiger partial charge is 0.377 e. The average molecular weight is 292 g/mol. The highest BCUT2D eigenvalue weighted by Gasteiger charge is 2.32. The molecule has 0 radical (unpaired) electrons. The van der Waals surface area contributed by atoms with Gasteiger partial charge < -0.3 is 15.8 Å². The van der Waals surface area contributed by atoms with Crippen LogP contribution in [0.2, 0.25) is 0 Å². The monoisotopic (exact) mass is 292 g/mol. The minimum atomic E-state index is -0.0152. The number of ether oxygens (including phenoxy) is 1. The molecule has 108 valence electrons. The fourth-order valence-corrected chi connectivity index (χ4v) is 3.15. The second kappa shape index (κ2) is 7.44. The van der Waals surface area contributed by atoms with Gasteiger partial charge in [0.2, 0.25) is 5.91 Å². The highest BCUT2D eigenvalue weighted by molar-refractivity contribution is 7.10. The van der Waals surface area contributed by atoms with Crippen molar-refractivity contribution in [1.82, 2.24) is 5.32 Å². The van der Waals surface area contributed by atoms with Gasteiger partial charge in [0.05, 0.1) is 25.1 Å². The van der Waals surface area contributed by atoms with E-state index < -0.39 is 0 Å². The Kier molecular flexibility index (Phi) is 5.60. The molecule has 1 aliphatic heterocycles. The summed E-state index contributed by atoms with van der Waals surface area (Å²) < 4.78 is 5.56. The molecular formula is C15H20N2O2S. The lowest BCUT2D eigenvalue weighted by Crippen LogP contribution is -2.34. The lowest BCUT2D eigenvalue weighted by Gasteiger charge is -2.16. The van der Waals surface area contributed by atoms with E-state index in [0.717, 1.165) is 23.3 Å². The molecule has 2 unspecified atom stereocenters. The molecule has 20 heavy (non-hydrogen) atoms. The van der Waals surface area contributed by atoms with Crippen molar-refractivity contribution < 1.29 is 9.53 Å². The maximum atomic E-state index is 12.2. The van der Waals surface area contributed by atoms with Crippen LogP contribution in [0.1, 0.15) is 30.2 Å². The highest BCUT2D eigenvalue weighted by atomic mass is 32.1. The predicted molar refractivity (Wildman–Crippen MR) is 80.2 cm³/mol. The molecular weight excluding hydrogens is 272 g/mol. The van der Waals surface area contributed by atoms with Gasteiger partial charge in [0.1, 0.15) is 0 Å². The van der Waals surface area contributed by atoms with Gasteiger partial charge >= 0.3 is 0 Å². The highest BCUT2D eigenvalue weighted by Crippen LogP contribution is 2.24. The summed E-state index contributed by atoms with van der Waals surface area (Å²) in [6, 6.07) is 1.96. The second-order valence-electron chi connectivity index (χ2n) is 4.69. The summed E-state index contributed by atoms with van der Waals surface area (Å²) in [5.41, 5.74) is 6.33. The van der Waals surface area contributed by atoms with Crippen LogP contribution in [0.15, 0.2) is 11.4 Å². The maximum absolute atomic E-state index is 12.2. The van der Waals surface area contributed by atoms with Gasteiger partial charge in [-0.2, -0.15) is 0 Å². The lowest BCUT2D eigenvalue weighted by molar-refractivity contribution is -0.126. The molecule has 0 spiro atoms. The van der Waals surface area contributed by atoms with Crippen LogP contribution < -0.4 is 11.1 Å². The first-order valence-electron chi connectivity index (χ1n) is 6.90. The van der Waals surface area contributed by atoms with Gasteiger partial charge in [-0.15, -0.1) is 11.3 Å². The molecule has 2 atom stereocenters. The Morgan fingerprint density at radius 1 is 1.65 bits per heavy atom. The van der Waals surface area contributed by atoms with Crippen LogP contribution in [0.25, 0.3) is 0 Å². The van der Waals surface area contributed by atoms with Crippen LogP contribution in [0.5, 0.6) is 0 Å². The quantitative estimate of drug-likeness (QED) is 0.826. The summed E-state index contributed by atoms with van der Waals surface area (Å²) in [4.78, 5) is 13.3. The number of nitrogens with two attached hydrogens (primary N) is 1.